The van der Waals surface area contributed by atoms with E-state index in [9.17, 15) is 8.42 Å². The average molecular weight is 317 g/mol. The molecule has 1 unspecified atom stereocenters. The number of thiophene rings is 1. The quantitative estimate of drug-likeness (QED) is 0.898. The van der Waals surface area contributed by atoms with Crippen molar-refractivity contribution in [2.24, 2.45) is 5.73 Å². The first-order chi connectivity index (χ1) is 9.45. The Hall–Kier alpha value is -0.470. The fourth-order valence-corrected chi connectivity index (χ4v) is 5.76. The van der Waals surface area contributed by atoms with Gasteiger partial charge in [-0.1, -0.05) is 0 Å². The van der Waals surface area contributed by atoms with Gasteiger partial charge in [-0.15, -0.1) is 11.3 Å². The Balaban J connectivity index is 2.23. The second-order valence-electron chi connectivity index (χ2n) is 5.34. The molecule has 1 atom stereocenters. The van der Waals surface area contributed by atoms with Crippen LogP contribution >= 0.6 is 11.3 Å². The minimum Gasteiger partial charge on any atom is -0.330 e. The monoisotopic (exact) mass is 317 g/mol. The predicted molar refractivity (Wildman–Crippen MR) is 82.5 cm³/mol. The number of nitrogens with zero attached hydrogens (tertiary/aromatic N) is 2. The summed E-state index contributed by atoms with van der Waals surface area (Å²) in [6.45, 7) is 4.84. The lowest BCUT2D eigenvalue weighted by Crippen LogP contribution is -2.41. The van der Waals surface area contributed by atoms with E-state index >= 15 is 0 Å². The van der Waals surface area contributed by atoms with Crippen LogP contribution in [0.5, 0.6) is 0 Å². The van der Waals surface area contributed by atoms with Gasteiger partial charge in [-0.2, -0.15) is 4.31 Å². The maximum absolute atomic E-state index is 12.8. The Morgan fingerprint density at radius 1 is 1.40 bits per heavy atom. The van der Waals surface area contributed by atoms with Gasteiger partial charge in [0.05, 0.1) is 0 Å². The zero-order chi connectivity index (χ0) is 14.8. The number of rotatable bonds is 4. The molecular weight excluding hydrogens is 294 g/mol. The summed E-state index contributed by atoms with van der Waals surface area (Å²) >= 11 is 1.34. The molecule has 7 heteroatoms. The normalized spacial score (nSPS) is 22.9. The third-order valence-corrected chi connectivity index (χ3v) is 7.20. The summed E-state index contributed by atoms with van der Waals surface area (Å²) in [5.41, 5.74) is 5.52. The van der Waals surface area contributed by atoms with Crippen molar-refractivity contribution in [3.05, 3.63) is 17.0 Å². The lowest BCUT2D eigenvalue weighted by molar-refractivity contribution is 0.291. The highest BCUT2D eigenvalue weighted by Gasteiger charge is 2.32. The first kappa shape index (κ1) is 15.9. The molecule has 0 radical (unpaired) electrons. The molecule has 0 aliphatic carbocycles. The highest BCUT2D eigenvalue weighted by molar-refractivity contribution is 7.91. The van der Waals surface area contributed by atoms with Crippen molar-refractivity contribution in [1.29, 1.82) is 0 Å². The maximum Gasteiger partial charge on any atom is 0.252 e. The number of likely N-dealkylation sites (N-methyl/N-ethyl adjacent to an activating group) is 1. The maximum atomic E-state index is 12.8. The molecule has 20 heavy (non-hydrogen) atoms. The Morgan fingerprint density at radius 3 is 2.85 bits per heavy atom. The van der Waals surface area contributed by atoms with E-state index in [4.69, 9.17) is 5.73 Å². The number of nitrogens with two attached hydrogens (primary N) is 1. The average Bonchev–Trinajstić information content (AvgIpc) is 2.76. The first-order valence-electron chi connectivity index (χ1n) is 6.94. The molecule has 0 saturated carbocycles. The van der Waals surface area contributed by atoms with Crippen LogP contribution in [0.2, 0.25) is 0 Å². The van der Waals surface area contributed by atoms with Crippen molar-refractivity contribution in [3.8, 4) is 0 Å². The Labute approximate surface area is 125 Å². The van der Waals surface area contributed by atoms with E-state index in [0.29, 0.717) is 17.3 Å². The SMILES string of the molecule is CC1CN(C)CCCN1S(=O)(=O)c1ccc(CCN)s1. The highest BCUT2D eigenvalue weighted by Crippen LogP contribution is 2.27. The molecule has 0 bridgehead atoms. The van der Waals surface area contributed by atoms with E-state index in [2.05, 4.69) is 4.90 Å². The third-order valence-electron chi connectivity index (χ3n) is 3.58. The summed E-state index contributed by atoms with van der Waals surface area (Å²) in [4.78, 5) is 3.22. The van der Waals surface area contributed by atoms with Crippen molar-refractivity contribution in [1.82, 2.24) is 9.21 Å². The van der Waals surface area contributed by atoms with Gasteiger partial charge >= 0.3 is 0 Å². The third kappa shape index (κ3) is 3.40. The van der Waals surface area contributed by atoms with E-state index in [1.54, 1.807) is 10.4 Å². The Morgan fingerprint density at radius 2 is 2.15 bits per heavy atom. The topological polar surface area (TPSA) is 66.6 Å². The van der Waals surface area contributed by atoms with E-state index in [1.165, 1.54) is 11.3 Å². The molecule has 5 nitrogen and oxygen atoms in total. The molecule has 114 valence electrons. The summed E-state index contributed by atoms with van der Waals surface area (Å²) in [5.74, 6) is 0. The second kappa shape index (κ2) is 6.53. The Kier molecular flexibility index (Phi) is 5.19. The van der Waals surface area contributed by atoms with Crippen LogP contribution in [0, 0.1) is 0 Å². The van der Waals surface area contributed by atoms with Crippen molar-refractivity contribution >= 4 is 21.4 Å². The summed E-state index contributed by atoms with van der Waals surface area (Å²) in [7, 11) is -1.33. The second-order valence-corrected chi connectivity index (χ2v) is 8.63. The van der Waals surface area contributed by atoms with Crippen molar-refractivity contribution in [3.63, 3.8) is 0 Å². The predicted octanol–water partition coefficient (Wildman–Crippen LogP) is 0.964. The fourth-order valence-electron chi connectivity index (χ4n) is 2.60. The van der Waals surface area contributed by atoms with Crippen LogP contribution in [0.1, 0.15) is 18.2 Å². The van der Waals surface area contributed by atoms with Crippen molar-refractivity contribution < 1.29 is 8.42 Å². The summed E-state index contributed by atoms with van der Waals surface area (Å²) < 4.78 is 27.6. The van der Waals surface area contributed by atoms with Crippen molar-refractivity contribution in [2.75, 3.05) is 33.2 Å². The lowest BCUT2D eigenvalue weighted by Gasteiger charge is -2.26. The van der Waals surface area contributed by atoms with Gasteiger partial charge in [-0.25, -0.2) is 8.42 Å². The molecular formula is C13H23N3O2S2. The standard InChI is InChI=1S/C13H23N3O2S2/c1-11-10-15(2)8-3-9-16(11)20(17,18)13-5-4-12(19-13)6-7-14/h4-5,11H,3,6-10,14H2,1-2H3. The van der Waals surface area contributed by atoms with E-state index in [-0.39, 0.29) is 6.04 Å². The minimum absolute atomic E-state index is 0.00700. The molecule has 1 fully saturated rings. The van der Waals surface area contributed by atoms with Gasteiger partial charge < -0.3 is 10.6 Å². The molecule has 2 heterocycles. The molecule has 2 N–H and O–H groups in total. The lowest BCUT2D eigenvalue weighted by atomic mass is 10.3. The van der Waals surface area contributed by atoms with Crippen LogP contribution in [0.15, 0.2) is 16.3 Å². The van der Waals surface area contributed by atoms with Gasteiger partial charge in [0.25, 0.3) is 10.0 Å². The number of hydrogen-bond acceptors (Lipinski definition) is 5. The molecule has 1 aromatic heterocycles. The van der Waals surface area contributed by atoms with Gasteiger partial charge in [-0.3, -0.25) is 0 Å². The Bertz CT molecular complexity index is 542. The van der Waals surface area contributed by atoms with Crippen molar-refractivity contribution in [2.45, 2.75) is 30.0 Å². The highest BCUT2D eigenvalue weighted by atomic mass is 32.2. The zero-order valence-electron chi connectivity index (χ0n) is 12.1. The number of hydrogen-bond donors (Lipinski definition) is 1. The summed E-state index contributed by atoms with van der Waals surface area (Å²) in [6.07, 6.45) is 1.61. The fraction of sp³-hybridized carbons (Fsp3) is 0.692. The molecule has 1 aliphatic heterocycles. The van der Waals surface area contributed by atoms with Crippen LogP contribution in [-0.4, -0.2) is 56.9 Å². The molecule has 0 amide bonds. The van der Waals surface area contributed by atoms with Gasteiger partial charge in [0.15, 0.2) is 0 Å². The molecule has 1 aromatic rings. The minimum atomic E-state index is -3.37. The summed E-state index contributed by atoms with van der Waals surface area (Å²) in [5, 5.41) is 0. The van der Waals surface area contributed by atoms with Crippen LogP contribution < -0.4 is 5.73 Å². The molecule has 0 aromatic carbocycles. The largest absolute Gasteiger partial charge is 0.330 e. The molecule has 0 spiro atoms. The molecule has 2 rings (SSSR count). The molecule has 1 saturated heterocycles. The van der Waals surface area contributed by atoms with E-state index in [0.717, 1.165) is 30.8 Å². The first-order valence-corrected chi connectivity index (χ1v) is 9.20. The van der Waals surface area contributed by atoms with Gasteiger partial charge in [-0.05, 0) is 52.0 Å². The summed E-state index contributed by atoms with van der Waals surface area (Å²) in [6, 6.07) is 3.60. The van der Waals surface area contributed by atoms with E-state index in [1.807, 2.05) is 20.0 Å². The van der Waals surface area contributed by atoms with Crippen LogP contribution in [0.4, 0.5) is 0 Å². The number of sulfonamides is 1. The smallest absolute Gasteiger partial charge is 0.252 e. The van der Waals surface area contributed by atoms with E-state index < -0.39 is 10.0 Å². The zero-order valence-corrected chi connectivity index (χ0v) is 13.7. The van der Waals surface area contributed by atoms with Crippen LogP contribution in [0.25, 0.3) is 0 Å². The van der Waals surface area contributed by atoms with Crippen LogP contribution in [-0.2, 0) is 16.4 Å². The molecule has 1 aliphatic rings. The van der Waals surface area contributed by atoms with Crippen LogP contribution in [0.3, 0.4) is 0 Å². The van der Waals surface area contributed by atoms with Gasteiger partial charge in [0.1, 0.15) is 4.21 Å². The van der Waals surface area contributed by atoms with Gasteiger partial charge in [0.2, 0.25) is 0 Å². The van der Waals surface area contributed by atoms with Gasteiger partial charge in [0, 0.05) is 24.0 Å².